The summed E-state index contributed by atoms with van der Waals surface area (Å²) in [6.07, 6.45) is 3.33. The zero-order valence-electron chi connectivity index (χ0n) is 15.2. The first-order chi connectivity index (χ1) is 12.1. The molecule has 2 aromatic carbocycles. The summed E-state index contributed by atoms with van der Waals surface area (Å²) in [5.74, 6) is 0.663. The normalized spacial score (nSPS) is 11.0. The summed E-state index contributed by atoms with van der Waals surface area (Å²) in [5.41, 5.74) is 3.25. The lowest BCUT2D eigenvalue weighted by atomic mass is 10.1. The van der Waals surface area contributed by atoms with Gasteiger partial charge in [-0.05, 0) is 44.3 Å². The molecular formula is C21H26N2O2. The van der Waals surface area contributed by atoms with Crippen molar-refractivity contribution in [1.82, 2.24) is 10.2 Å². The number of carbonyl (C=O) groups excluding carboxylic acids is 1. The average molecular weight is 338 g/mol. The van der Waals surface area contributed by atoms with Gasteiger partial charge in [0.05, 0.1) is 6.61 Å². The van der Waals surface area contributed by atoms with Crippen LogP contribution in [-0.4, -0.2) is 31.5 Å². The molecule has 25 heavy (non-hydrogen) atoms. The first kappa shape index (κ1) is 18.7. The number of ether oxygens (including phenoxy) is 1. The molecule has 0 fully saturated rings. The maximum atomic E-state index is 12.1. The quantitative estimate of drug-likeness (QED) is 0.749. The maximum absolute atomic E-state index is 12.1. The molecule has 0 aromatic heterocycles. The molecule has 1 amide bonds. The average Bonchev–Trinajstić information content (AvgIpc) is 2.60. The number of hydrogen-bond acceptors (Lipinski definition) is 3. The Morgan fingerprint density at radius 1 is 1.08 bits per heavy atom. The van der Waals surface area contributed by atoms with Crippen LogP contribution in [0.5, 0.6) is 5.75 Å². The highest BCUT2D eigenvalue weighted by molar-refractivity contribution is 5.92. The van der Waals surface area contributed by atoms with Crippen LogP contribution in [0.1, 0.15) is 23.6 Å². The highest BCUT2D eigenvalue weighted by Crippen LogP contribution is 2.19. The third-order valence-electron chi connectivity index (χ3n) is 3.69. The summed E-state index contributed by atoms with van der Waals surface area (Å²) >= 11 is 0. The SMILES string of the molecule is CCOc1ccccc1/C=C/C(=O)NCc1ccccc1CN(C)C. The van der Waals surface area contributed by atoms with Crippen molar-refractivity contribution in [3.05, 3.63) is 71.3 Å². The van der Waals surface area contributed by atoms with Gasteiger partial charge in [0.2, 0.25) is 5.91 Å². The Balaban J connectivity index is 1.98. The number of carbonyl (C=O) groups is 1. The molecule has 0 spiro atoms. The van der Waals surface area contributed by atoms with Crippen LogP contribution in [-0.2, 0) is 17.9 Å². The van der Waals surface area contributed by atoms with Gasteiger partial charge in [0.1, 0.15) is 5.75 Å². The second-order valence-electron chi connectivity index (χ2n) is 6.03. The summed E-state index contributed by atoms with van der Waals surface area (Å²) in [4.78, 5) is 14.3. The van der Waals surface area contributed by atoms with Gasteiger partial charge >= 0.3 is 0 Å². The molecule has 0 heterocycles. The summed E-state index contributed by atoms with van der Waals surface area (Å²) < 4.78 is 5.56. The van der Waals surface area contributed by atoms with Gasteiger partial charge < -0.3 is 15.0 Å². The fourth-order valence-electron chi connectivity index (χ4n) is 2.54. The molecule has 1 N–H and O–H groups in total. The van der Waals surface area contributed by atoms with Crippen LogP contribution in [0, 0.1) is 0 Å². The van der Waals surface area contributed by atoms with Crippen molar-refractivity contribution >= 4 is 12.0 Å². The molecule has 0 bridgehead atoms. The van der Waals surface area contributed by atoms with Crippen LogP contribution in [0.15, 0.2) is 54.6 Å². The van der Waals surface area contributed by atoms with Crippen molar-refractivity contribution in [3.8, 4) is 5.75 Å². The molecule has 0 atom stereocenters. The molecular weight excluding hydrogens is 312 g/mol. The lowest BCUT2D eigenvalue weighted by Gasteiger charge is -2.14. The number of rotatable bonds is 8. The maximum Gasteiger partial charge on any atom is 0.244 e. The minimum atomic E-state index is -0.119. The standard InChI is InChI=1S/C21H26N2O2/c1-4-25-20-12-8-7-9-17(20)13-14-21(24)22-15-18-10-5-6-11-19(18)16-23(2)3/h5-14H,4,15-16H2,1-3H3,(H,22,24)/b14-13+. The van der Waals surface area contributed by atoms with Gasteiger partial charge in [0.15, 0.2) is 0 Å². The smallest absolute Gasteiger partial charge is 0.244 e. The number of amides is 1. The van der Waals surface area contributed by atoms with Crippen LogP contribution < -0.4 is 10.1 Å². The second-order valence-corrected chi connectivity index (χ2v) is 6.03. The molecule has 2 rings (SSSR count). The van der Waals surface area contributed by atoms with Crippen molar-refractivity contribution in [2.75, 3.05) is 20.7 Å². The molecule has 0 unspecified atom stereocenters. The molecule has 0 saturated heterocycles. The van der Waals surface area contributed by atoms with E-state index in [9.17, 15) is 4.79 Å². The Kier molecular flexibility index (Phi) is 7.23. The molecule has 0 aliphatic rings. The van der Waals surface area contributed by atoms with E-state index in [1.165, 1.54) is 5.56 Å². The Morgan fingerprint density at radius 3 is 2.48 bits per heavy atom. The van der Waals surface area contributed by atoms with Crippen LogP contribution in [0.3, 0.4) is 0 Å². The van der Waals surface area contributed by atoms with E-state index in [-0.39, 0.29) is 5.91 Å². The van der Waals surface area contributed by atoms with E-state index in [2.05, 4.69) is 16.3 Å². The predicted molar refractivity (Wildman–Crippen MR) is 102 cm³/mol. The topological polar surface area (TPSA) is 41.6 Å². The Hall–Kier alpha value is -2.59. The van der Waals surface area contributed by atoms with Crippen LogP contribution in [0.4, 0.5) is 0 Å². The molecule has 4 nitrogen and oxygen atoms in total. The van der Waals surface area contributed by atoms with E-state index in [4.69, 9.17) is 4.74 Å². The van der Waals surface area contributed by atoms with E-state index in [1.54, 1.807) is 12.2 Å². The van der Waals surface area contributed by atoms with Gasteiger partial charge in [-0.25, -0.2) is 0 Å². The van der Waals surface area contributed by atoms with Crippen molar-refractivity contribution < 1.29 is 9.53 Å². The van der Waals surface area contributed by atoms with Crippen molar-refractivity contribution in [2.45, 2.75) is 20.0 Å². The van der Waals surface area contributed by atoms with E-state index in [1.807, 2.05) is 63.5 Å². The van der Waals surface area contributed by atoms with E-state index >= 15 is 0 Å². The van der Waals surface area contributed by atoms with Crippen molar-refractivity contribution in [3.63, 3.8) is 0 Å². The Bertz CT molecular complexity index is 723. The molecule has 0 radical (unpaired) electrons. The lowest BCUT2D eigenvalue weighted by Crippen LogP contribution is -2.22. The summed E-state index contributed by atoms with van der Waals surface area (Å²) in [6.45, 7) is 3.90. The monoisotopic (exact) mass is 338 g/mol. The summed E-state index contributed by atoms with van der Waals surface area (Å²) in [7, 11) is 4.07. The molecule has 0 aliphatic heterocycles. The highest BCUT2D eigenvalue weighted by atomic mass is 16.5. The lowest BCUT2D eigenvalue weighted by molar-refractivity contribution is -0.116. The first-order valence-corrected chi connectivity index (χ1v) is 8.49. The number of hydrogen-bond donors (Lipinski definition) is 1. The minimum Gasteiger partial charge on any atom is -0.493 e. The van der Waals surface area contributed by atoms with Gasteiger partial charge in [-0.3, -0.25) is 4.79 Å². The van der Waals surface area contributed by atoms with Gasteiger partial charge in [-0.2, -0.15) is 0 Å². The predicted octanol–water partition coefficient (Wildman–Crippen LogP) is 3.48. The van der Waals surface area contributed by atoms with Crippen LogP contribution in [0.2, 0.25) is 0 Å². The zero-order valence-corrected chi connectivity index (χ0v) is 15.2. The van der Waals surface area contributed by atoms with Crippen molar-refractivity contribution in [1.29, 1.82) is 0 Å². The molecule has 0 saturated carbocycles. The molecule has 4 heteroatoms. The minimum absolute atomic E-state index is 0.119. The first-order valence-electron chi connectivity index (χ1n) is 8.49. The van der Waals surface area contributed by atoms with E-state index in [0.29, 0.717) is 13.2 Å². The third kappa shape index (κ3) is 6.08. The summed E-state index contributed by atoms with van der Waals surface area (Å²) in [6, 6.07) is 15.8. The van der Waals surface area contributed by atoms with Gasteiger partial charge in [0.25, 0.3) is 0 Å². The van der Waals surface area contributed by atoms with E-state index in [0.717, 1.165) is 23.4 Å². The number of benzene rings is 2. The largest absolute Gasteiger partial charge is 0.493 e. The van der Waals surface area contributed by atoms with Crippen LogP contribution >= 0.6 is 0 Å². The van der Waals surface area contributed by atoms with Gasteiger partial charge in [-0.15, -0.1) is 0 Å². The Labute approximate surface area is 150 Å². The number of nitrogens with zero attached hydrogens (tertiary/aromatic N) is 1. The Morgan fingerprint density at radius 2 is 1.76 bits per heavy atom. The molecule has 0 aliphatic carbocycles. The zero-order chi connectivity index (χ0) is 18.1. The van der Waals surface area contributed by atoms with Crippen molar-refractivity contribution in [2.24, 2.45) is 0 Å². The van der Waals surface area contributed by atoms with Gasteiger partial charge in [-0.1, -0.05) is 42.5 Å². The second kappa shape index (κ2) is 9.64. The molecule has 2 aromatic rings. The fraction of sp³-hybridized carbons (Fsp3) is 0.286. The number of nitrogens with one attached hydrogen (secondary N) is 1. The van der Waals surface area contributed by atoms with E-state index < -0.39 is 0 Å². The fourth-order valence-corrected chi connectivity index (χ4v) is 2.54. The van der Waals surface area contributed by atoms with Gasteiger partial charge in [0, 0.05) is 24.7 Å². The highest BCUT2D eigenvalue weighted by Gasteiger charge is 2.05. The number of para-hydroxylation sites is 1. The summed E-state index contributed by atoms with van der Waals surface area (Å²) in [5, 5.41) is 2.95. The molecule has 132 valence electrons. The van der Waals surface area contributed by atoms with Crippen LogP contribution in [0.25, 0.3) is 6.08 Å². The third-order valence-corrected chi connectivity index (χ3v) is 3.69.